The second-order valence-electron chi connectivity index (χ2n) is 5.80. The van der Waals surface area contributed by atoms with E-state index in [4.69, 9.17) is 4.42 Å². The van der Waals surface area contributed by atoms with E-state index < -0.39 is 0 Å². The third-order valence-electron chi connectivity index (χ3n) is 2.79. The van der Waals surface area contributed by atoms with Crippen LogP contribution in [0.15, 0.2) is 28.0 Å². The maximum absolute atomic E-state index is 11.8. The normalized spacial score (nSPS) is 11.4. The first-order valence-corrected chi connectivity index (χ1v) is 8.35. The number of rotatable bonds is 7. The van der Waals surface area contributed by atoms with Gasteiger partial charge in [-0.25, -0.2) is 0 Å². The minimum Gasteiger partial charge on any atom is -0.461 e. The van der Waals surface area contributed by atoms with Gasteiger partial charge in [-0.1, -0.05) is 25.6 Å². The van der Waals surface area contributed by atoms with Gasteiger partial charge in [0, 0.05) is 12.6 Å². The Kier molecular flexibility index (Phi) is 5.65. The molecule has 2 aromatic heterocycles. The number of nitrogens with zero attached hydrogens (tertiary/aromatic N) is 3. The molecule has 0 atom stereocenters. The SMILES string of the molecule is CC(C)Cn1c(SCC(=O)NC(C)C)nnc1-c1ccco1. The van der Waals surface area contributed by atoms with Gasteiger partial charge in [0.1, 0.15) is 0 Å². The molecule has 2 aromatic rings. The molecule has 0 radical (unpaired) electrons. The zero-order chi connectivity index (χ0) is 16.1. The summed E-state index contributed by atoms with van der Waals surface area (Å²) >= 11 is 1.39. The molecule has 0 aliphatic carbocycles. The van der Waals surface area contributed by atoms with Crippen molar-refractivity contribution in [3.05, 3.63) is 18.4 Å². The predicted molar refractivity (Wildman–Crippen MR) is 86.6 cm³/mol. The first-order valence-electron chi connectivity index (χ1n) is 7.36. The van der Waals surface area contributed by atoms with Crippen molar-refractivity contribution in [1.29, 1.82) is 0 Å². The second-order valence-corrected chi connectivity index (χ2v) is 6.74. The van der Waals surface area contributed by atoms with Crippen molar-refractivity contribution in [2.75, 3.05) is 5.75 Å². The molecule has 0 aliphatic rings. The molecule has 0 saturated heterocycles. The molecule has 0 aliphatic heterocycles. The van der Waals surface area contributed by atoms with Gasteiger partial charge in [-0.15, -0.1) is 10.2 Å². The molecule has 120 valence electrons. The van der Waals surface area contributed by atoms with Crippen LogP contribution in [0.4, 0.5) is 0 Å². The highest BCUT2D eigenvalue weighted by atomic mass is 32.2. The quantitative estimate of drug-likeness (QED) is 0.794. The number of hydrogen-bond donors (Lipinski definition) is 1. The van der Waals surface area contributed by atoms with E-state index in [2.05, 4.69) is 29.4 Å². The Morgan fingerprint density at radius 2 is 2.14 bits per heavy atom. The van der Waals surface area contributed by atoms with Crippen molar-refractivity contribution in [2.24, 2.45) is 5.92 Å². The lowest BCUT2D eigenvalue weighted by Gasteiger charge is -2.12. The van der Waals surface area contributed by atoms with Crippen LogP contribution < -0.4 is 5.32 Å². The highest BCUT2D eigenvalue weighted by Crippen LogP contribution is 2.25. The van der Waals surface area contributed by atoms with Crippen LogP contribution in [-0.4, -0.2) is 32.5 Å². The summed E-state index contributed by atoms with van der Waals surface area (Å²) in [5, 5.41) is 12.0. The largest absolute Gasteiger partial charge is 0.461 e. The summed E-state index contributed by atoms with van der Waals surface area (Å²) in [6, 6.07) is 3.83. The minimum absolute atomic E-state index is 0.00125. The highest BCUT2D eigenvalue weighted by Gasteiger charge is 2.18. The Bertz CT molecular complexity index is 605. The van der Waals surface area contributed by atoms with Gasteiger partial charge in [0.15, 0.2) is 16.7 Å². The van der Waals surface area contributed by atoms with Gasteiger partial charge in [-0.05, 0) is 31.9 Å². The summed E-state index contributed by atoms with van der Waals surface area (Å²) in [4.78, 5) is 11.8. The van der Waals surface area contributed by atoms with E-state index in [0.717, 1.165) is 11.7 Å². The number of carbonyl (C=O) groups excluding carboxylic acids is 1. The third-order valence-corrected chi connectivity index (χ3v) is 3.75. The Balaban J connectivity index is 2.15. The number of hydrogen-bond acceptors (Lipinski definition) is 5. The van der Waals surface area contributed by atoms with E-state index in [1.54, 1.807) is 6.26 Å². The van der Waals surface area contributed by atoms with Crippen LogP contribution in [0, 0.1) is 5.92 Å². The molecule has 0 fully saturated rings. The van der Waals surface area contributed by atoms with Gasteiger partial charge in [0.05, 0.1) is 12.0 Å². The molecule has 1 N–H and O–H groups in total. The van der Waals surface area contributed by atoms with Crippen LogP contribution >= 0.6 is 11.8 Å². The van der Waals surface area contributed by atoms with Gasteiger partial charge < -0.3 is 9.73 Å². The molecule has 1 amide bonds. The fourth-order valence-corrected chi connectivity index (χ4v) is 2.77. The number of amides is 1. The monoisotopic (exact) mass is 322 g/mol. The molecule has 22 heavy (non-hydrogen) atoms. The predicted octanol–water partition coefficient (Wildman–Crippen LogP) is 2.81. The molecular formula is C15H22N4O2S. The van der Waals surface area contributed by atoms with Crippen molar-refractivity contribution < 1.29 is 9.21 Å². The van der Waals surface area contributed by atoms with Crippen LogP contribution in [0.1, 0.15) is 27.7 Å². The summed E-state index contributed by atoms with van der Waals surface area (Å²) in [6.07, 6.45) is 1.62. The van der Waals surface area contributed by atoms with Crippen molar-refractivity contribution in [1.82, 2.24) is 20.1 Å². The van der Waals surface area contributed by atoms with E-state index in [-0.39, 0.29) is 11.9 Å². The Morgan fingerprint density at radius 3 is 2.73 bits per heavy atom. The van der Waals surface area contributed by atoms with Crippen LogP contribution in [0.3, 0.4) is 0 Å². The Morgan fingerprint density at radius 1 is 1.36 bits per heavy atom. The van der Waals surface area contributed by atoms with E-state index in [1.807, 2.05) is 30.5 Å². The Hall–Kier alpha value is -1.76. The van der Waals surface area contributed by atoms with Crippen molar-refractivity contribution in [2.45, 2.75) is 45.4 Å². The number of thioether (sulfide) groups is 1. The van der Waals surface area contributed by atoms with Crippen LogP contribution in [-0.2, 0) is 11.3 Å². The average molecular weight is 322 g/mol. The summed E-state index contributed by atoms with van der Waals surface area (Å²) in [6.45, 7) is 8.92. The summed E-state index contributed by atoms with van der Waals surface area (Å²) in [5.41, 5.74) is 0. The molecule has 0 saturated carbocycles. The fourth-order valence-electron chi connectivity index (χ4n) is 2.01. The first kappa shape index (κ1) is 16.6. The molecule has 0 unspecified atom stereocenters. The highest BCUT2D eigenvalue weighted by molar-refractivity contribution is 7.99. The average Bonchev–Trinajstić information content (AvgIpc) is 3.04. The number of furan rings is 1. The molecule has 0 bridgehead atoms. The fraction of sp³-hybridized carbons (Fsp3) is 0.533. The number of nitrogens with one attached hydrogen (secondary N) is 1. The van der Waals surface area contributed by atoms with Crippen LogP contribution in [0.5, 0.6) is 0 Å². The minimum atomic E-state index is -0.00125. The maximum atomic E-state index is 11.8. The summed E-state index contributed by atoms with van der Waals surface area (Å²) in [7, 11) is 0. The van der Waals surface area contributed by atoms with Crippen LogP contribution in [0.2, 0.25) is 0 Å². The second kappa shape index (κ2) is 7.49. The third kappa shape index (κ3) is 4.37. The molecule has 7 heteroatoms. The van der Waals surface area contributed by atoms with Gasteiger partial charge in [-0.2, -0.15) is 0 Å². The van der Waals surface area contributed by atoms with Crippen molar-refractivity contribution in [3.63, 3.8) is 0 Å². The molecule has 2 heterocycles. The molecule has 2 rings (SSSR count). The summed E-state index contributed by atoms with van der Waals surface area (Å²) in [5.74, 6) is 2.15. The topological polar surface area (TPSA) is 73.0 Å². The van der Waals surface area contributed by atoms with E-state index in [0.29, 0.717) is 23.3 Å². The van der Waals surface area contributed by atoms with Gasteiger partial charge in [-0.3, -0.25) is 9.36 Å². The molecular weight excluding hydrogens is 300 g/mol. The van der Waals surface area contributed by atoms with Gasteiger partial charge in [0.25, 0.3) is 0 Å². The number of aromatic nitrogens is 3. The van der Waals surface area contributed by atoms with Crippen molar-refractivity contribution >= 4 is 17.7 Å². The number of carbonyl (C=O) groups is 1. The standard InChI is InChI=1S/C15H22N4O2S/c1-10(2)8-19-14(12-6-5-7-21-12)17-18-15(19)22-9-13(20)16-11(3)4/h5-7,10-11H,8-9H2,1-4H3,(H,16,20). The molecule has 0 spiro atoms. The maximum Gasteiger partial charge on any atom is 0.230 e. The lowest BCUT2D eigenvalue weighted by molar-refractivity contribution is -0.119. The van der Waals surface area contributed by atoms with E-state index >= 15 is 0 Å². The first-order chi connectivity index (χ1) is 10.5. The van der Waals surface area contributed by atoms with Crippen LogP contribution in [0.25, 0.3) is 11.6 Å². The lowest BCUT2D eigenvalue weighted by atomic mass is 10.2. The van der Waals surface area contributed by atoms with E-state index in [1.165, 1.54) is 11.8 Å². The van der Waals surface area contributed by atoms with Crippen molar-refractivity contribution in [3.8, 4) is 11.6 Å². The zero-order valence-electron chi connectivity index (χ0n) is 13.4. The summed E-state index contributed by atoms with van der Waals surface area (Å²) < 4.78 is 7.43. The lowest BCUT2D eigenvalue weighted by Crippen LogP contribution is -2.31. The zero-order valence-corrected chi connectivity index (χ0v) is 14.2. The van der Waals surface area contributed by atoms with Gasteiger partial charge in [0.2, 0.25) is 5.91 Å². The Labute approximate surface area is 134 Å². The molecule has 6 nitrogen and oxygen atoms in total. The van der Waals surface area contributed by atoms with Gasteiger partial charge >= 0.3 is 0 Å². The van der Waals surface area contributed by atoms with E-state index in [9.17, 15) is 4.79 Å². The molecule has 0 aromatic carbocycles. The smallest absolute Gasteiger partial charge is 0.230 e.